The van der Waals surface area contributed by atoms with Crippen LogP contribution in [0.4, 0.5) is 5.82 Å². The highest BCUT2D eigenvalue weighted by Crippen LogP contribution is 2.17. The SMILES string of the molecule is Cc1cc(C)c(C#N)c(NCC2COCCO2)n1. The highest BCUT2D eigenvalue weighted by molar-refractivity contribution is 5.56. The Balaban J connectivity index is 2.06. The van der Waals surface area contributed by atoms with Crippen LogP contribution < -0.4 is 5.32 Å². The van der Waals surface area contributed by atoms with Gasteiger partial charge in [0.25, 0.3) is 0 Å². The van der Waals surface area contributed by atoms with Gasteiger partial charge in [-0.3, -0.25) is 0 Å². The Hall–Kier alpha value is -1.64. The number of hydrogen-bond donors (Lipinski definition) is 1. The lowest BCUT2D eigenvalue weighted by atomic mass is 10.1. The van der Waals surface area contributed by atoms with Crippen molar-refractivity contribution in [1.29, 1.82) is 5.26 Å². The number of anilines is 1. The number of pyridine rings is 1. The van der Waals surface area contributed by atoms with Gasteiger partial charge in [-0.1, -0.05) is 0 Å². The maximum Gasteiger partial charge on any atom is 0.144 e. The molecule has 0 aromatic carbocycles. The number of hydrogen-bond acceptors (Lipinski definition) is 5. The molecular formula is C13H17N3O2. The largest absolute Gasteiger partial charge is 0.376 e. The number of aromatic nitrogens is 1. The first-order valence-electron chi connectivity index (χ1n) is 6.02. The first-order chi connectivity index (χ1) is 8.70. The molecule has 5 heteroatoms. The molecule has 1 aromatic heterocycles. The summed E-state index contributed by atoms with van der Waals surface area (Å²) in [4.78, 5) is 4.36. The highest BCUT2D eigenvalue weighted by atomic mass is 16.6. The lowest BCUT2D eigenvalue weighted by Crippen LogP contribution is -2.34. The maximum absolute atomic E-state index is 9.14. The molecule has 2 rings (SSSR count). The summed E-state index contributed by atoms with van der Waals surface area (Å²) >= 11 is 0. The van der Waals surface area contributed by atoms with Crippen LogP contribution in [0.2, 0.25) is 0 Å². The lowest BCUT2D eigenvalue weighted by molar-refractivity contribution is -0.0819. The minimum Gasteiger partial charge on any atom is -0.376 e. The zero-order valence-corrected chi connectivity index (χ0v) is 10.7. The number of nitrogens with one attached hydrogen (secondary N) is 1. The smallest absolute Gasteiger partial charge is 0.144 e. The molecule has 1 aliphatic heterocycles. The predicted octanol–water partition coefficient (Wildman–Crippen LogP) is 1.40. The van der Waals surface area contributed by atoms with Crippen molar-refractivity contribution in [2.24, 2.45) is 0 Å². The van der Waals surface area contributed by atoms with E-state index in [2.05, 4.69) is 16.4 Å². The summed E-state index contributed by atoms with van der Waals surface area (Å²) in [6.45, 7) is 6.29. The summed E-state index contributed by atoms with van der Waals surface area (Å²) in [7, 11) is 0. The number of aryl methyl sites for hydroxylation is 2. The second-order valence-corrected chi connectivity index (χ2v) is 4.36. The molecule has 0 radical (unpaired) electrons. The van der Waals surface area contributed by atoms with E-state index in [0.29, 0.717) is 37.7 Å². The molecule has 18 heavy (non-hydrogen) atoms. The van der Waals surface area contributed by atoms with Crippen molar-refractivity contribution in [3.8, 4) is 6.07 Å². The van der Waals surface area contributed by atoms with Crippen molar-refractivity contribution in [2.75, 3.05) is 31.7 Å². The van der Waals surface area contributed by atoms with E-state index in [1.54, 1.807) is 0 Å². The Morgan fingerprint density at radius 1 is 1.50 bits per heavy atom. The predicted molar refractivity (Wildman–Crippen MR) is 67.5 cm³/mol. The van der Waals surface area contributed by atoms with Gasteiger partial charge in [-0.05, 0) is 25.5 Å². The molecule has 5 nitrogen and oxygen atoms in total. The molecule has 1 fully saturated rings. The summed E-state index contributed by atoms with van der Waals surface area (Å²) in [5.41, 5.74) is 2.43. The molecule has 0 spiro atoms. The standard InChI is InChI=1S/C13H17N3O2/c1-9-5-10(2)16-13(12(9)6-14)15-7-11-8-17-3-4-18-11/h5,11H,3-4,7-8H2,1-2H3,(H,15,16). The van der Waals surface area contributed by atoms with Crippen LogP contribution in [0.25, 0.3) is 0 Å². The second kappa shape index (κ2) is 5.80. The molecule has 0 amide bonds. The van der Waals surface area contributed by atoms with Crippen molar-refractivity contribution >= 4 is 5.82 Å². The van der Waals surface area contributed by atoms with Gasteiger partial charge in [-0.2, -0.15) is 5.26 Å². The second-order valence-electron chi connectivity index (χ2n) is 4.36. The summed E-state index contributed by atoms with van der Waals surface area (Å²) < 4.78 is 10.9. The fourth-order valence-electron chi connectivity index (χ4n) is 1.97. The summed E-state index contributed by atoms with van der Waals surface area (Å²) in [5.74, 6) is 0.629. The van der Waals surface area contributed by atoms with Crippen molar-refractivity contribution in [1.82, 2.24) is 4.98 Å². The van der Waals surface area contributed by atoms with E-state index in [4.69, 9.17) is 14.7 Å². The first kappa shape index (κ1) is 12.8. The van der Waals surface area contributed by atoms with E-state index in [1.807, 2.05) is 19.9 Å². The topological polar surface area (TPSA) is 67.2 Å². The zero-order chi connectivity index (χ0) is 13.0. The van der Waals surface area contributed by atoms with E-state index < -0.39 is 0 Å². The highest BCUT2D eigenvalue weighted by Gasteiger charge is 2.15. The van der Waals surface area contributed by atoms with E-state index in [9.17, 15) is 0 Å². The van der Waals surface area contributed by atoms with E-state index >= 15 is 0 Å². The molecule has 1 unspecified atom stereocenters. The molecule has 0 saturated carbocycles. The van der Waals surface area contributed by atoms with Crippen LogP contribution >= 0.6 is 0 Å². The van der Waals surface area contributed by atoms with Crippen molar-refractivity contribution < 1.29 is 9.47 Å². The number of nitrogens with zero attached hydrogens (tertiary/aromatic N) is 2. The number of rotatable bonds is 3. The Kier molecular flexibility index (Phi) is 4.13. The van der Waals surface area contributed by atoms with Gasteiger partial charge in [0.1, 0.15) is 11.9 Å². The molecule has 0 aliphatic carbocycles. The van der Waals surface area contributed by atoms with Crippen LogP contribution in [0.1, 0.15) is 16.8 Å². The Bertz CT molecular complexity index is 462. The van der Waals surface area contributed by atoms with Gasteiger partial charge in [0.15, 0.2) is 0 Å². The fraction of sp³-hybridized carbons (Fsp3) is 0.538. The number of ether oxygens (including phenoxy) is 2. The normalized spacial score (nSPS) is 19.3. The van der Waals surface area contributed by atoms with Gasteiger partial charge in [0, 0.05) is 12.2 Å². The van der Waals surface area contributed by atoms with Gasteiger partial charge in [-0.25, -0.2) is 4.98 Å². The average Bonchev–Trinajstić information content (AvgIpc) is 2.37. The van der Waals surface area contributed by atoms with Crippen molar-refractivity contribution in [2.45, 2.75) is 20.0 Å². The Labute approximate surface area is 107 Å². The van der Waals surface area contributed by atoms with Crippen LogP contribution in [0.3, 0.4) is 0 Å². The van der Waals surface area contributed by atoms with Gasteiger partial charge in [0.05, 0.1) is 31.5 Å². The molecule has 1 saturated heterocycles. The monoisotopic (exact) mass is 247 g/mol. The van der Waals surface area contributed by atoms with Crippen LogP contribution in [-0.2, 0) is 9.47 Å². The summed E-state index contributed by atoms with van der Waals surface area (Å²) in [6, 6.07) is 4.09. The van der Waals surface area contributed by atoms with Gasteiger partial charge in [0.2, 0.25) is 0 Å². The Morgan fingerprint density at radius 2 is 2.33 bits per heavy atom. The van der Waals surface area contributed by atoms with Crippen LogP contribution in [-0.4, -0.2) is 37.5 Å². The van der Waals surface area contributed by atoms with Gasteiger partial charge >= 0.3 is 0 Å². The molecule has 2 heterocycles. The lowest BCUT2D eigenvalue weighted by Gasteiger charge is -2.23. The van der Waals surface area contributed by atoms with Crippen LogP contribution in [0.15, 0.2) is 6.07 Å². The molecule has 1 aliphatic rings. The molecule has 1 N–H and O–H groups in total. The molecule has 96 valence electrons. The third-order valence-electron chi connectivity index (χ3n) is 2.84. The van der Waals surface area contributed by atoms with Crippen LogP contribution in [0, 0.1) is 25.2 Å². The third-order valence-corrected chi connectivity index (χ3v) is 2.84. The van der Waals surface area contributed by atoms with Crippen LogP contribution in [0.5, 0.6) is 0 Å². The molecule has 1 atom stereocenters. The summed E-state index contributed by atoms with van der Waals surface area (Å²) in [5, 5.41) is 12.3. The zero-order valence-electron chi connectivity index (χ0n) is 10.7. The molecule has 1 aromatic rings. The third kappa shape index (κ3) is 2.97. The van der Waals surface area contributed by atoms with E-state index in [0.717, 1.165) is 11.3 Å². The van der Waals surface area contributed by atoms with E-state index in [1.165, 1.54) is 0 Å². The van der Waals surface area contributed by atoms with Crippen molar-refractivity contribution in [3.63, 3.8) is 0 Å². The van der Waals surface area contributed by atoms with Gasteiger partial charge in [-0.15, -0.1) is 0 Å². The fourth-order valence-corrected chi connectivity index (χ4v) is 1.97. The first-order valence-corrected chi connectivity index (χ1v) is 6.02. The van der Waals surface area contributed by atoms with Gasteiger partial charge < -0.3 is 14.8 Å². The summed E-state index contributed by atoms with van der Waals surface area (Å²) in [6.07, 6.45) is 0.0212. The minimum absolute atomic E-state index is 0.0212. The quantitative estimate of drug-likeness (QED) is 0.874. The van der Waals surface area contributed by atoms with Crippen molar-refractivity contribution in [3.05, 3.63) is 22.9 Å². The Morgan fingerprint density at radius 3 is 3.00 bits per heavy atom. The number of nitriles is 1. The molecular weight excluding hydrogens is 230 g/mol. The average molecular weight is 247 g/mol. The van der Waals surface area contributed by atoms with E-state index in [-0.39, 0.29) is 6.10 Å². The maximum atomic E-state index is 9.14. The molecule has 0 bridgehead atoms. The minimum atomic E-state index is 0.0212.